The second-order valence-electron chi connectivity index (χ2n) is 5.81. The summed E-state index contributed by atoms with van der Waals surface area (Å²) in [4.78, 5) is 10.9. The fourth-order valence-corrected chi connectivity index (χ4v) is 1.83. The van der Waals surface area contributed by atoms with Gasteiger partial charge >= 0.3 is 0 Å². The van der Waals surface area contributed by atoms with Crippen LogP contribution in [0.2, 0.25) is 0 Å². The first-order valence-electron chi connectivity index (χ1n) is 7.46. The summed E-state index contributed by atoms with van der Waals surface area (Å²) in [5.74, 6) is 0.193. The lowest BCUT2D eigenvalue weighted by atomic mass is 10.0. The van der Waals surface area contributed by atoms with Crippen LogP contribution >= 0.6 is 0 Å². The molecule has 1 atom stereocenters. The predicted octanol–water partition coefficient (Wildman–Crippen LogP) is 4.75. The van der Waals surface area contributed by atoms with Crippen molar-refractivity contribution in [1.29, 1.82) is 0 Å². The normalized spacial score (nSPS) is 14.1. The monoisotopic (exact) mass is 278 g/mol. The molecule has 0 amide bonds. The van der Waals surface area contributed by atoms with Crippen molar-refractivity contribution in [1.82, 2.24) is 0 Å². The number of carbonyl (C=O) groups is 1. The standard InChI is InChI=1S/C18H30O2/c1-14(2)8-6-9-15(3)12-13-18(20)16(4)10-7-11-17(5)19/h8,10,12,18,20H,6-7,9,11,13H2,1-5H3. The fourth-order valence-electron chi connectivity index (χ4n) is 1.83. The van der Waals surface area contributed by atoms with Crippen LogP contribution in [-0.4, -0.2) is 17.0 Å². The van der Waals surface area contributed by atoms with E-state index >= 15 is 0 Å². The first-order valence-corrected chi connectivity index (χ1v) is 7.46. The molecule has 0 aromatic heterocycles. The molecule has 0 spiro atoms. The van der Waals surface area contributed by atoms with E-state index in [9.17, 15) is 9.90 Å². The molecule has 0 rings (SSSR count). The summed E-state index contributed by atoms with van der Waals surface area (Å²) in [7, 11) is 0. The Bertz CT molecular complexity index is 382. The molecule has 0 saturated heterocycles. The topological polar surface area (TPSA) is 37.3 Å². The molecule has 0 aliphatic carbocycles. The average molecular weight is 278 g/mol. The minimum Gasteiger partial charge on any atom is -0.388 e. The highest BCUT2D eigenvalue weighted by Gasteiger charge is 2.04. The van der Waals surface area contributed by atoms with Gasteiger partial charge in [0.1, 0.15) is 5.78 Å². The van der Waals surface area contributed by atoms with Crippen LogP contribution in [0.3, 0.4) is 0 Å². The quantitative estimate of drug-likeness (QED) is 0.618. The molecule has 0 aromatic rings. The summed E-state index contributed by atoms with van der Waals surface area (Å²) in [6, 6.07) is 0. The second kappa shape index (κ2) is 10.6. The summed E-state index contributed by atoms with van der Waals surface area (Å²) in [5.41, 5.74) is 3.62. The third kappa shape index (κ3) is 10.7. The molecule has 0 aliphatic rings. The SMILES string of the molecule is CC(=O)CCC=C(C)C(O)CC=C(C)CCC=C(C)C. The molecule has 0 bridgehead atoms. The van der Waals surface area contributed by atoms with Gasteiger partial charge in [-0.05, 0) is 65.9 Å². The second-order valence-corrected chi connectivity index (χ2v) is 5.81. The zero-order valence-corrected chi connectivity index (χ0v) is 13.7. The number of rotatable bonds is 9. The summed E-state index contributed by atoms with van der Waals surface area (Å²) >= 11 is 0. The van der Waals surface area contributed by atoms with E-state index in [1.54, 1.807) is 6.92 Å². The zero-order chi connectivity index (χ0) is 15.5. The fraction of sp³-hybridized carbons (Fsp3) is 0.611. The minimum absolute atomic E-state index is 0.193. The largest absolute Gasteiger partial charge is 0.388 e. The van der Waals surface area contributed by atoms with E-state index in [-0.39, 0.29) is 5.78 Å². The Hall–Kier alpha value is -1.15. The molecular formula is C18H30O2. The van der Waals surface area contributed by atoms with Crippen molar-refractivity contribution in [2.75, 3.05) is 0 Å². The lowest BCUT2D eigenvalue weighted by Crippen LogP contribution is -2.07. The predicted molar refractivity (Wildman–Crippen MR) is 86.7 cm³/mol. The van der Waals surface area contributed by atoms with E-state index in [1.807, 2.05) is 13.0 Å². The van der Waals surface area contributed by atoms with Gasteiger partial charge in [-0.2, -0.15) is 0 Å². The van der Waals surface area contributed by atoms with Crippen molar-refractivity contribution in [2.45, 2.75) is 72.8 Å². The third-order valence-electron chi connectivity index (χ3n) is 3.27. The van der Waals surface area contributed by atoms with Crippen molar-refractivity contribution < 1.29 is 9.90 Å². The Balaban J connectivity index is 4.14. The highest BCUT2D eigenvalue weighted by Crippen LogP contribution is 2.13. The zero-order valence-electron chi connectivity index (χ0n) is 13.7. The van der Waals surface area contributed by atoms with Crippen molar-refractivity contribution in [3.8, 4) is 0 Å². The van der Waals surface area contributed by atoms with Crippen molar-refractivity contribution in [2.24, 2.45) is 0 Å². The van der Waals surface area contributed by atoms with Gasteiger partial charge in [0.25, 0.3) is 0 Å². The summed E-state index contributed by atoms with van der Waals surface area (Å²) < 4.78 is 0. The Morgan fingerprint density at radius 3 is 2.10 bits per heavy atom. The number of aliphatic hydroxyl groups excluding tert-OH is 1. The van der Waals surface area contributed by atoms with Gasteiger partial charge in [0, 0.05) is 6.42 Å². The molecule has 114 valence electrons. The van der Waals surface area contributed by atoms with E-state index in [1.165, 1.54) is 11.1 Å². The van der Waals surface area contributed by atoms with Crippen molar-refractivity contribution in [3.05, 3.63) is 34.9 Å². The van der Waals surface area contributed by atoms with Crippen LogP contribution in [0.25, 0.3) is 0 Å². The van der Waals surface area contributed by atoms with Crippen LogP contribution in [0, 0.1) is 0 Å². The van der Waals surface area contributed by atoms with E-state index in [4.69, 9.17) is 0 Å². The number of allylic oxidation sites excluding steroid dienone is 4. The van der Waals surface area contributed by atoms with Gasteiger partial charge in [-0.3, -0.25) is 0 Å². The number of hydrogen-bond acceptors (Lipinski definition) is 2. The van der Waals surface area contributed by atoms with Crippen molar-refractivity contribution in [3.63, 3.8) is 0 Å². The maximum Gasteiger partial charge on any atom is 0.130 e. The number of carbonyl (C=O) groups excluding carboxylic acids is 1. The molecule has 0 aromatic carbocycles. The Morgan fingerprint density at radius 1 is 0.950 bits per heavy atom. The summed E-state index contributed by atoms with van der Waals surface area (Å²) in [5, 5.41) is 10.0. The number of ketones is 1. The van der Waals surface area contributed by atoms with Crippen molar-refractivity contribution >= 4 is 5.78 Å². The molecule has 0 fully saturated rings. The maximum atomic E-state index is 10.9. The molecule has 0 aliphatic heterocycles. The summed E-state index contributed by atoms with van der Waals surface area (Å²) in [6.45, 7) is 9.85. The van der Waals surface area contributed by atoms with Crippen LogP contribution in [0.4, 0.5) is 0 Å². The Morgan fingerprint density at radius 2 is 1.55 bits per heavy atom. The van der Waals surface area contributed by atoms with E-state index in [0.717, 1.165) is 24.8 Å². The van der Waals surface area contributed by atoms with Gasteiger partial charge in [0.2, 0.25) is 0 Å². The van der Waals surface area contributed by atoms with Gasteiger partial charge < -0.3 is 9.90 Å². The highest BCUT2D eigenvalue weighted by molar-refractivity contribution is 5.75. The molecule has 0 radical (unpaired) electrons. The molecule has 20 heavy (non-hydrogen) atoms. The van der Waals surface area contributed by atoms with Crippen LogP contribution in [0.15, 0.2) is 34.9 Å². The third-order valence-corrected chi connectivity index (χ3v) is 3.27. The first-order chi connectivity index (χ1) is 9.32. The molecule has 0 heterocycles. The van der Waals surface area contributed by atoms with Gasteiger partial charge in [-0.25, -0.2) is 0 Å². The van der Waals surface area contributed by atoms with Gasteiger partial charge in [-0.15, -0.1) is 0 Å². The Labute approximate surface area is 124 Å². The molecule has 1 unspecified atom stereocenters. The molecule has 2 nitrogen and oxygen atoms in total. The van der Waals surface area contributed by atoms with E-state index < -0.39 is 6.10 Å². The summed E-state index contributed by atoms with van der Waals surface area (Å²) in [6.07, 6.45) is 9.94. The first kappa shape index (κ1) is 18.9. The van der Waals surface area contributed by atoms with Crippen LogP contribution in [-0.2, 0) is 4.79 Å². The number of Topliss-reactive ketones (excluding diaryl/α,β-unsaturated/α-hetero) is 1. The van der Waals surface area contributed by atoms with Crippen LogP contribution in [0.5, 0.6) is 0 Å². The van der Waals surface area contributed by atoms with Crippen LogP contribution < -0.4 is 0 Å². The van der Waals surface area contributed by atoms with Crippen LogP contribution in [0.1, 0.15) is 66.7 Å². The molecular weight excluding hydrogens is 248 g/mol. The lowest BCUT2D eigenvalue weighted by molar-refractivity contribution is -0.116. The minimum atomic E-state index is -0.430. The smallest absolute Gasteiger partial charge is 0.130 e. The van der Waals surface area contributed by atoms with E-state index in [0.29, 0.717) is 12.8 Å². The average Bonchev–Trinajstić information content (AvgIpc) is 2.34. The molecule has 2 heteroatoms. The highest BCUT2D eigenvalue weighted by atomic mass is 16.3. The van der Waals surface area contributed by atoms with Gasteiger partial charge in [0.15, 0.2) is 0 Å². The molecule has 1 N–H and O–H groups in total. The lowest BCUT2D eigenvalue weighted by Gasteiger charge is -2.09. The molecule has 0 saturated carbocycles. The Kier molecular flexibility index (Phi) is 10.0. The van der Waals surface area contributed by atoms with Gasteiger partial charge in [-0.1, -0.05) is 29.4 Å². The maximum absolute atomic E-state index is 10.9. The number of aliphatic hydroxyl groups is 1. The van der Waals surface area contributed by atoms with Gasteiger partial charge in [0.05, 0.1) is 6.10 Å². The number of hydrogen-bond donors (Lipinski definition) is 1. The van der Waals surface area contributed by atoms with E-state index in [2.05, 4.69) is 32.9 Å².